The number of pyridine rings is 4. The molecule has 12 aromatic carbocycles. The van der Waals surface area contributed by atoms with Crippen molar-refractivity contribution in [3.05, 3.63) is 402 Å². The summed E-state index contributed by atoms with van der Waals surface area (Å²) < 4.78 is 47.0. The normalized spacial score (nSPS) is 10.7. The van der Waals surface area contributed by atoms with E-state index in [1.807, 2.05) is 291 Å². The lowest BCUT2D eigenvalue weighted by Gasteiger charge is -2.12. The summed E-state index contributed by atoms with van der Waals surface area (Å²) >= 11 is 0. The van der Waals surface area contributed by atoms with Gasteiger partial charge in [-0.2, -0.15) is 20.7 Å². The molecule has 0 aliphatic carbocycles. The molecular weight excluding hydrogens is 1630 g/mol. The van der Waals surface area contributed by atoms with Crippen molar-refractivity contribution in [2.24, 2.45) is 0 Å². The lowest BCUT2D eigenvalue weighted by atomic mass is 10.1. The Bertz CT molecular complexity index is 6940. The molecule has 0 atom stereocenters. The fourth-order valence-corrected chi connectivity index (χ4v) is 13.4. The average Bonchev–Trinajstić information content (AvgIpc) is 1.35. The zero-order chi connectivity index (χ0) is 85.8. The third-order valence-corrected chi connectivity index (χ3v) is 20.0. The topological polar surface area (TPSA) is 330 Å². The number of ether oxygens (including phenoxy) is 8. The van der Waals surface area contributed by atoms with Crippen LogP contribution in [-0.2, 0) is 52.7 Å². The molecule has 0 radical (unpaired) electrons. The molecule has 27 nitrogen and oxygen atoms in total. The summed E-state index contributed by atoms with van der Waals surface area (Å²) in [6.45, 7) is 2.87. The highest BCUT2D eigenvalue weighted by Crippen LogP contribution is 2.31. The predicted octanol–water partition coefficient (Wildman–Crippen LogP) is 21.3. The number of nitrogens with zero attached hydrogens (tertiary/aromatic N) is 15. The van der Waals surface area contributed by atoms with Crippen molar-refractivity contribution >= 4 is 55.8 Å². The van der Waals surface area contributed by atoms with Gasteiger partial charge in [-0.1, -0.05) is 234 Å². The first-order valence-corrected chi connectivity index (χ1v) is 40.6. The van der Waals surface area contributed by atoms with Crippen LogP contribution in [0, 0.1) is 0 Å². The Morgan fingerprint density at radius 3 is 1.15 bits per heavy atom. The highest BCUT2D eigenvalue weighted by atomic mass is 16.5. The van der Waals surface area contributed by atoms with Gasteiger partial charge >= 0.3 is 0 Å². The molecule has 130 heavy (non-hydrogen) atoms. The maximum absolute atomic E-state index is 6.04. The van der Waals surface area contributed by atoms with Gasteiger partial charge in [0.15, 0.2) is 11.6 Å². The number of para-hydroxylation sites is 4. The SMILES string of the molecule is C.C.C.C(=C\c1ccc(-c2ncn[nH]2)cc1)/c1ccc(OCc2ccc3ccccc3n2)cc1.COc1cc(-c2nn[nH]n2)ccc1COc1ccc(OCc2ccc3ccccc3n2)cc1.c1cc(COc2ccc(OCc3ccc4ccccc4n3)cc2)cc(-c2nn[nH]n2)c1.c1cc(OCc2ccc3ccccc3n2)cc(OCc2ccccc2Cc2nn[nH]n2)c1. The van der Waals surface area contributed by atoms with Crippen LogP contribution < -0.4 is 37.9 Å². The smallest absolute Gasteiger partial charge is 0.204 e. The second-order valence-corrected chi connectivity index (χ2v) is 28.7. The molecule has 0 spiro atoms. The molecule has 0 saturated carbocycles. The minimum Gasteiger partial charge on any atom is -0.496 e. The van der Waals surface area contributed by atoms with Gasteiger partial charge in [0, 0.05) is 56.3 Å². The van der Waals surface area contributed by atoms with E-state index in [0.717, 1.165) is 163 Å². The van der Waals surface area contributed by atoms with Crippen LogP contribution in [0.25, 0.3) is 89.9 Å². The molecule has 0 saturated heterocycles. The lowest BCUT2D eigenvalue weighted by molar-refractivity contribution is 0.287. The number of aromatic amines is 4. The third kappa shape index (κ3) is 24.6. The van der Waals surface area contributed by atoms with Gasteiger partial charge in [0.1, 0.15) is 98.6 Å². The molecule has 8 heterocycles. The largest absolute Gasteiger partial charge is 0.496 e. The number of benzene rings is 12. The van der Waals surface area contributed by atoms with Gasteiger partial charge in [-0.15, -0.1) is 30.6 Å². The summed E-state index contributed by atoms with van der Waals surface area (Å²) in [4.78, 5) is 22.7. The summed E-state index contributed by atoms with van der Waals surface area (Å²) in [5.74, 6) is 8.49. The molecule has 0 bridgehead atoms. The summed E-state index contributed by atoms with van der Waals surface area (Å²) in [6.07, 6.45) is 6.27. The number of rotatable bonds is 29. The lowest BCUT2D eigenvalue weighted by Crippen LogP contribution is -2.02. The van der Waals surface area contributed by atoms with Crippen LogP contribution in [0.2, 0.25) is 0 Å². The van der Waals surface area contributed by atoms with E-state index in [9.17, 15) is 0 Å². The molecule has 648 valence electrons. The Labute approximate surface area is 750 Å². The minimum absolute atomic E-state index is 0. The number of methoxy groups -OCH3 is 1. The van der Waals surface area contributed by atoms with Gasteiger partial charge in [-0.25, -0.2) is 24.9 Å². The monoisotopic (exact) mass is 1720 g/mol. The predicted molar refractivity (Wildman–Crippen MR) is 503 cm³/mol. The average molecular weight is 1730 g/mol. The molecule has 0 aliphatic heterocycles. The number of nitrogens with one attached hydrogen (secondary N) is 4. The maximum atomic E-state index is 6.04. The summed E-state index contributed by atoms with van der Waals surface area (Å²) in [7, 11) is 1.62. The highest BCUT2D eigenvalue weighted by Gasteiger charge is 2.14. The first-order chi connectivity index (χ1) is 62.8. The van der Waals surface area contributed by atoms with Crippen molar-refractivity contribution < 1.29 is 37.9 Å². The van der Waals surface area contributed by atoms with Gasteiger partial charge in [0.2, 0.25) is 11.6 Å². The van der Waals surface area contributed by atoms with Crippen LogP contribution in [0.15, 0.2) is 340 Å². The highest BCUT2D eigenvalue weighted by molar-refractivity contribution is 5.81. The van der Waals surface area contributed by atoms with E-state index >= 15 is 0 Å². The van der Waals surface area contributed by atoms with Gasteiger partial charge in [0.05, 0.1) is 52.0 Å². The Morgan fingerprint density at radius 1 is 0.300 bits per heavy atom. The van der Waals surface area contributed by atoms with Crippen LogP contribution in [-0.4, -0.2) is 104 Å². The molecule has 20 aromatic rings. The van der Waals surface area contributed by atoms with Crippen LogP contribution in [0.1, 0.15) is 84.3 Å². The van der Waals surface area contributed by atoms with E-state index in [0.29, 0.717) is 75.9 Å². The molecule has 20 rings (SSSR count). The van der Waals surface area contributed by atoms with E-state index < -0.39 is 0 Å². The Morgan fingerprint density at radius 2 is 0.692 bits per heavy atom. The van der Waals surface area contributed by atoms with Crippen molar-refractivity contribution in [1.82, 2.24) is 97.0 Å². The number of aromatic nitrogens is 19. The van der Waals surface area contributed by atoms with E-state index in [-0.39, 0.29) is 22.3 Å². The van der Waals surface area contributed by atoms with Crippen LogP contribution in [0.3, 0.4) is 0 Å². The summed E-state index contributed by atoms with van der Waals surface area (Å²) in [6, 6.07) is 109. The second-order valence-electron chi connectivity index (χ2n) is 28.7. The van der Waals surface area contributed by atoms with Crippen molar-refractivity contribution in [2.75, 3.05) is 7.11 Å². The van der Waals surface area contributed by atoms with Crippen molar-refractivity contribution in [1.29, 1.82) is 0 Å². The fraction of sp³-hybridized carbons (Fsp3) is 0.117. The second kappa shape index (κ2) is 44.9. The maximum Gasteiger partial charge on any atom is 0.204 e. The van der Waals surface area contributed by atoms with Gasteiger partial charge in [-0.3, -0.25) is 5.10 Å². The van der Waals surface area contributed by atoms with Crippen molar-refractivity contribution in [3.8, 4) is 80.2 Å². The molecule has 8 aromatic heterocycles. The number of hydrogen-bond donors (Lipinski definition) is 4. The minimum atomic E-state index is 0. The molecule has 0 aliphatic rings. The first kappa shape index (κ1) is 89.1. The Hall–Kier alpha value is -17.2. The Balaban J connectivity index is 0.000000139. The van der Waals surface area contributed by atoms with Gasteiger partial charge in [-0.05, 0) is 172 Å². The standard InChI is InChI=1S/C26H20N4O.C25H21N5O3.C25H21N5O2.C24H19N5O2.3CH4/c1-2-4-25-21(3-1)13-14-23(29-25)17-31-24-15-9-20(10-16-24)6-5-19-7-11-22(12-8-19)26-27-18-28-30-26;1-31-24-14-18(25-27-29-30-28-25)6-7-19(24)15-32-21-10-12-22(13-11-21)33-16-20-9-8-17-4-2-3-5-23(17)26-20;1-2-8-20(19(7-1)14-25-27-29-30-28-25)16-31-22-9-5-10-23(15-22)32-17-21-13-12-18-6-3-4-11-24(18)26-21;1-2-7-23-18(5-1)8-9-20(25-23)16-31-22-12-10-21(11-13-22)30-15-17-4-3-6-19(14-17)24-26-28-29-27-24;;;/h1-16,18H,17H2,(H,27,28,30);2-14H,15-16H2,1H3,(H,27,28,29,30);1-13,15H,14,16-17H2,(H,27,28,29,30);1-14H,15-16H2,(H,26,27,28,29);3*1H4/b6-5+;;;;;;. The molecule has 4 N–H and O–H groups in total. The molecule has 0 amide bonds. The number of tetrazole rings is 3. The van der Waals surface area contributed by atoms with Crippen molar-refractivity contribution in [2.45, 2.75) is 74.9 Å². The first-order valence-electron chi connectivity index (χ1n) is 40.6. The third-order valence-electron chi connectivity index (χ3n) is 20.0. The zero-order valence-electron chi connectivity index (χ0n) is 68.6. The fourth-order valence-electron chi connectivity index (χ4n) is 13.4. The Kier molecular flexibility index (Phi) is 30.8. The number of hydrogen-bond acceptors (Lipinski definition) is 23. The number of H-pyrrole nitrogens is 4. The molecular formula is C103H93N19O8. The van der Waals surface area contributed by atoms with Crippen LogP contribution in [0.4, 0.5) is 0 Å². The van der Waals surface area contributed by atoms with Crippen molar-refractivity contribution in [3.63, 3.8) is 0 Å². The van der Waals surface area contributed by atoms with E-state index in [2.05, 4.69) is 152 Å². The van der Waals surface area contributed by atoms with E-state index in [4.69, 9.17) is 37.9 Å². The zero-order valence-corrected chi connectivity index (χ0v) is 68.6. The van der Waals surface area contributed by atoms with Gasteiger partial charge in [0.25, 0.3) is 0 Å². The summed E-state index contributed by atoms with van der Waals surface area (Å²) in [5, 5.41) is 53.5. The quantitative estimate of drug-likeness (QED) is 0.0316. The molecule has 0 fully saturated rings. The van der Waals surface area contributed by atoms with Crippen LogP contribution >= 0.6 is 0 Å². The summed E-state index contributed by atoms with van der Waals surface area (Å²) in [5.41, 5.74) is 16.5. The number of fused-ring (bicyclic) bond motifs is 4. The van der Waals surface area contributed by atoms with Crippen LogP contribution in [0.5, 0.6) is 46.0 Å². The van der Waals surface area contributed by atoms with Gasteiger partial charge < -0.3 is 37.9 Å². The molecule has 27 heteroatoms. The molecule has 0 unspecified atom stereocenters. The van der Waals surface area contributed by atoms with E-state index in [1.165, 1.54) is 6.33 Å². The van der Waals surface area contributed by atoms with E-state index in [1.54, 1.807) is 7.11 Å².